The number of fused-ring (bicyclic) bond motifs is 4. The molecule has 6 heterocycles. The summed E-state index contributed by atoms with van der Waals surface area (Å²) in [4.78, 5) is 105. The monoisotopic (exact) mass is 1250 g/mol. The van der Waals surface area contributed by atoms with Crippen LogP contribution in [0.2, 0.25) is 0 Å². The second-order valence-corrected chi connectivity index (χ2v) is 24.5. The van der Waals surface area contributed by atoms with Crippen LogP contribution in [-0.4, -0.2) is 226 Å². The van der Waals surface area contributed by atoms with Crippen molar-refractivity contribution >= 4 is 63.0 Å². The largest absolute Gasteiger partial charge is 0.459 e. The highest BCUT2D eigenvalue weighted by Gasteiger charge is 2.56. The molecule has 26 nitrogen and oxygen atoms in total. The van der Waals surface area contributed by atoms with E-state index in [4.69, 9.17) is 18.9 Å². The molecule has 5 atom stereocenters. The number of sulfonamides is 1. The quantitative estimate of drug-likeness (QED) is 0.0302. The van der Waals surface area contributed by atoms with Gasteiger partial charge in [-0.2, -0.15) is 4.31 Å². The number of piperazine rings is 1. The normalized spacial score (nSPS) is 23.0. The summed E-state index contributed by atoms with van der Waals surface area (Å²) in [6.45, 7) is 6.69. The van der Waals surface area contributed by atoms with E-state index in [1.54, 1.807) is 50.3 Å². The number of halogens is 1. The number of esters is 1. The molecular weight excluding hydrogens is 1180 g/mol. The number of imide groups is 1. The van der Waals surface area contributed by atoms with Crippen molar-refractivity contribution in [3.05, 3.63) is 129 Å². The van der Waals surface area contributed by atoms with Gasteiger partial charge in [-0.05, 0) is 78.5 Å². The van der Waals surface area contributed by atoms with Gasteiger partial charge in [0.25, 0.3) is 11.8 Å². The van der Waals surface area contributed by atoms with Crippen molar-refractivity contribution < 1.29 is 80.3 Å². The van der Waals surface area contributed by atoms with E-state index in [-0.39, 0.29) is 120 Å². The zero-order chi connectivity index (χ0) is 63.6. The fourth-order valence-electron chi connectivity index (χ4n) is 11.7. The molecule has 0 bridgehead atoms. The maximum Gasteiger partial charge on any atom is 0.343 e. The van der Waals surface area contributed by atoms with Gasteiger partial charge in [0, 0.05) is 99.3 Å². The Morgan fingerprint density at radius 3 is 2.15 bits per heavy atom. The summed E-state index contributed by atoms with van der Waals surface area (Å²) < 4.78 is 66.4. The van der Waals surface area contributed by atoms with Crippen LogP contribution in [0, 0.1) is 0 Å². The highest BCUT2D eigenvalue weighted by atomic mass is 32.2. The molecule has 2 aromatic rings. The van der Waals surface area contributed by atoms with Gasteiger partial charge in [0.2, 0.25) is 39.6 Å². The molecule has 28 heteroatoms. The van der Waals surface area contributed by atoms with E-state index < -0.39 is 94.6 Å². The lowest BCUT2D eigenvalue weighted by Gasteiger charge is -2.46. The molecule has 7 aliphatic rings. The van der Waals surface area contributed by atoms with Crippen molar-refractivity contribution in [3.63, 3.8) is 0 Å². The highest BCUT2D eigenvalue weighted by molar-refractivity contribution is 7.89. The van der Waals surface area contributed by atoms with Crippen LogP contribution >= 0.6 is 0 Å². The lowest BCUT2D eigenvalue weighted by molar-refractivity contribution is -0.164. The summed E-state index contributed by atoms with van der Waals surface area (Å²) in [7, 11) is -4.00. The van der Waals surface area contributed by atoms with E-state index in [0.29, 0.717) is 54.2 Å². The molecule has 2 fully saturated rings. The van der Waals surface area contributed by atoms with Crippen molar-refractivity contribution in [2.45, 2.75) is 80.8 Å². The van der Waals surface area contributed by atoms with Crippen molar-refractivity contribution in [2.75, 3.05) is 117 Å². The molecule has 2 saturated heterocycles. The van der Waals surface area contributed by atoms with Crippen LogP contribution in [0.25, 0.3) is 0 Å². The van der Waals surface area contributed by atoms with Gasteiger partial charge in [0.05, 0.1) is 76.3 Å². The molecule has 2 aromatic carbocycles. The predicted octanol–water partition coefficient (Wildman–Crippen LogP) is -0.501. The van der Waals surface area contributed by atoms with Crippen molar-refractivity contribution in [3.8, 4) is 0 Å². The first-order valence-corrected chi connectivity index (χ1v) is 30.9. The number of nitrogens with zero attached hydrogens (tertiary/aromatic N) is 4. The third-order valence-corrected chi connectivity index (χ3v) is 18.6. The smallest absolute Gasteiger partial charge is 0.343 e. The Balaban J connectivity index is 0.705. The summed E-state index contributed by atoms with van der Waals surface area (Å²) >= 11 is 0. The number of allylic oxidation sites excluding steroid dienone is 2. The van der Waals surface area contributed by atoms with Crippen LogP contribution in [0.15, 0.2) is 129 Å². The second-order valence-electron chi connectivity index (χ2n) is 22.5. The standard InChI is InChI=1S/C61H75FN10O16S/c1-4-61(82)45-30-50-60(3)46(36-72(50)58(80)44(45)37-88-59(61)81)43(42-28-38(2)47(62)31-48(42)68-60)35-69-17-19-70(20-18-69)89(83,84)41-12-10-40(11-13-41)66-53(75)34-65-57(79)49(29-39-8-6-5-7-9-39)67-54(76)33-64-52(74)32-63-51(73)16-22-85-24-26-87-27-25-86-23-21-71-55(77)14-15-56(71)78/h5-15,28,30,48-49,58,68,80,82H,4,16-27,29,31-37H2,1-3H3,(H,63,73)(H,64,74)(H,65,79)(H,66,75)(H,67,76)/t48?,49-,58?,60?,61-/m0/s1. The minimum absolute atomic E-state index is 0.00456. The number of aliphatic hydroxyl groups is 2. The van der Waals surface area contributed by atoms with Gasteiger partial charge in [-0.1, -0.05) is 43.3 Å². The van der Waals surface area contributed by atoms with Gasteiger partial charge in [0.15, 0.2) is 11.8 Å². The Hall–Kier alpha value is -7.80. The molecule has 9 rings (SSSR count). The molecule has 0 spiro atoms. The summed E-state index contributed by atoms with van der Waals surface area (Å²) in [5.41, 5.74) is 2.70. The van der Waals surface area contributed by atoms with Crippen molar-refractivity contribution in [2.24, 2.45) is 0 Å². The zero-order valence-corrected chi connectivity index (χ0v) is 50.6. The number of amides is 7. The molecule has 3 unspecified atom stereocenters. The maximum absolute atomic E-state index is 15.4. The van der Waals surface area contributed by atoms with Crippen LogP contribution in [0.3, 0.4) is 0 Å². The zero-order valence-electron chi connectivity index (χ0n) is 49.8. The lowest BCUT2D eigenvalue weighted by Crippen LogP contribution is -2.57. The Kier molecular flexibility index (Phi) is 21.2. The van der Waals surface area contributed by atoms with Gasteiger partial charge < -0.3 is 60.6 Å². The average molecular weight is 1260 g/mol. The summed E-state index contributed by atoms with van der Waals surface area (Å²) in [6.07, 6.45) is 4.92. The van der Waals surface area contributed by atoms with Gasteiger partial charge >= 0.3 is 5.97 Å². The van der Waals surface area contributed by atoms with Crippen LogP contribution in [-0.2, 0) is 73.7 Å². The molecule has 1 aliphatic carbocycles. The number of anilines is 1. The first-order chi connectivity index (χ1) is 42.6. The number of carbonyl (C=O) groups excluding carboxylic acids is 8. The first kappa shape index (κ1) is 65.6. The SMILES string of the molecule is CC[C@@]1(O)C(=O)OCC2=C1C=C1N(CC3=C(CN4CCN(S(=O)(=O)c5ccc(NC(=O)CNC(=O)[C@H](Cc6ccccc6)NC(=O)CNC(=O)CNC(=O)CCOCCOCCOCCN6C(=O)C=CC6=O)cc5)CC4)C4=CC(C)=C(F)CC4NC13C)C2O. The number of benzene rings is 2. The maximum atomic E-state index is 15.4. The molecule has 478 valence electrons. The van der Waals surface area contributed by atoms with Crippen LogP contribution in [0.5, 0.6) is 0 Å². The second kappa shape index (κ2) is 28.8. The summed E-state index contributed by atoms with van der Waals surface area (Å²) in [5.74, 6) is -5.01. The van der Waals surface area contributed by atoms with Crippen LogP contribution in [0.1, 0.15) is 45.6 Å². The number of cyclic esters (lactones) is 1. The van der Waals surface area contributed by atoms with E-state index in [1.807, 2.05) is 17.9 Å². The van der Waals surface area contributed by atoms with Crippen LogP contribution < -0.4 is 31.9 Å². The van der Waals surface area contributed by atoms with Crippen molar-refractivity contribution in [1.82, 2.24) is 45.6 Å². The van der Waals surface area contributed by atoms with Gasteiger partial charge in [0.1, 0.15) is 18.5 Å². The third kappa shape index (κ3) is 15.3. The topological polar surface area (TPSA) is 333 Å². The minimum Gasteiger partial charge on any atom is -0.459 e. The molecule has 0 aromatic heterocycles. The van der Waals surface area contributed by atoms with Crippen LogP contribution in [0.4, 0.5) is 10.1 Å². The number of hydrogen-bond acceptors (Lipinski definition) is 19. The van der Waals surface area contributed by atoms with Gasteiger partial charge in [-0.3, -0.25) is 48.7 Å². The summed E-state index contributed by atoms with van der Waals surface area (Å²) in [5, 5.41) is 39.6. The molecule has 8 N–H and O–H groups in total. The Labute approximate surface area is 514 Å². The molecule has 7 amide bonds. The fraction of sp³-hybridized carbons (Fsp3) is 0.475. The highest BCUT2D eigenvalue weighted by Crippen LogP contribution is 2.51. The number of aliphatic hydroxyl groups excluding tert-OH is 1. The van der Waals surface area contributed by atoms with E-state index >= 15 is 4.39 Å². The number of nitrogens with one attached hydrogen (secondary N) is 6. The van der Waals surface area contributed by atoms with E-state index in [0.717, 1.165) is 21.6 Å². The average Bonchev–Trinajstić information content (AvgIpc) is 1.65. The Bertz CT molecular complexity index is 3380. The summed E-state index contributed by atoms with van der Waals surface area (Å²) in [6, 6.07) is 12.8. The number of rotatable bonds is 28. The van der Waals surface area contributed by atoms with Gasteiger partial charge in [-0.25, -0.2) is 17.6 Å². The number of carbonyl (C=O) groups is 8. The van der Waals surface area contributed by atoms with E-state index in [1.165, 1.54) is 40.7 Å². The number of ether oxygens (including phenoxy) is 4. The van der Waals surface area contributed by atoms with E-state index in [2.05, 4.69) is 36.8 Å². The van der Waals surface area contributed by atoms with E-state index in [9.17, 15) is 57.0 Å². The molecule has 0 radical (unpaired) electrons. The molecule has 6 aliphatic heterocycles. The first-order valence-electron chi connectivity index (χ1n) is 29.5. The Morgan fingerprint density at radius 2 is 1.46 bits per heavy atom. The molecule has 0 saturated carbocycles. The Morgan fingerprint density at radius 1 is 0.820 bits per heavy atom. The fourth-order valence-corrected chi connectivity index (χ4v) is 13.1. The van der Waals surface area contributed by atoms with Gasteiger partial charge in [-0.15, -0.1) is 0 Å². The number of hydrogen-bond donors (Lipinski definition) is 8. The predicted molar refractivity (Wildman–Crippen MR) is 317 cm³/mol. The molecular formula is C61H75FN10O16S. The minimum atomic E-state index is -4.00. The lowest BCUT2D eigenvalue weighted by atomic mass is 9.74. The third-order valence-electron chi connectivity index (χ3n) is 16.7. The molecule has 89 heavy (non-hydrogen) atoms. The van der Waals surface area contributed by atoms with Crippen molar-refractivity contribution in [1.29, 1.82) is 0 Å².